The van der Waals surface area contributed by atoms with Gasteiger partial charge < -0.3 is 15.0 Å². The predicted octanol–water partition coefficient (Wildman–Crippen LogP) is 2.11. The first kappa shape index (κ1) is 14.8. The zero-order valence-electron chi connectivity index (χ0n) is 12.0. The van der Waals surface area contributed by atoms with Crippen LogP contribution in [-0.2, 0) is 4.79 Å². The van der Waals surface area contributed by atoms with Crippen LogP contribution in [-0.4, -0.2) is 37.6 Å². The number of hydrogen-bond acceptors (Lipinski definition) is 3. The molecule has 0 aliphatic carbocycles. The maximum atomic E-state index is 13.9. The Hall–Kier alpha value is -1.62. The molecule has 0 aromatic heterocycles. The quantitative estimate of drug-likeness (QED) is 0.898. The van der Waals surface area contributed by atoms with Gasteiger partial charge in [-0.1, -0.05) is 6.07 Å². The third-order valence-electron chi connectivity index (χ3n) is 3.70. The van der Waals surface area contributed by atoms with Gasteiger partial charge in [0.25, 0.3) is 5.91 Å². The van der Waals surface area contributed by atoms with Crippen molar-refractivity contribution in [3.63, 3.8) is 0 Å². The van der Waals surface area contributed by atoms with Gasteiger partial charge in [0, 0.05) is 19.1 Å². The Bertz CT molecular complexity index is 473. The molecule has 1 fully saturated rings. The molecule has 110 valence electrons. The first-order chi connectivity index (χ1) is 9.61. The van der Waals surface area contributed by atoms with Crippen LogP contribution in [0.3, 0.4) is 0 Å². The van der Waals surface area contributed by atoms with E-state index in [2.05, 4.69) is 5.32 Å². The van der Waals surface area contributed by atoms with E-state index in [0.29, 0.717) is 0 Å². The van der Waals surface area contributed by atoms with Crippen LogP contribution < -0.4 is 10.1 Å². The van der Waals surface area contributed by atoms with Gasteiger partial charge >= 0.3 is 0 Å². The largest absolute Gasteiger partial charge is 0.481 e. The van der Waals surface area contributed by atoms with Gasteiger partial charge in [-0.3, -0.25) is 4.79 Å². The van der Waals surface area contributed by atoms with Crippen molar-refractivity contribution >= 4 is 5.91 Å². The summed E-state index contributed by atoms with van der Waals surface area (Å²) >= 11 is 0. The fourth-order valence-electron chi connectivity index (χ4n) is 2.27. The number of nitrogens with one attached hydrogen (secondary N) is 1. The average molecular weight is 280 g/mol. The van der Waals surface area contributed by atoms with E-state index in [0.717, 1.165) is 31.5 Å². The monoisotopic (exact) mass is 280 g/mol. The summed E-state index contributed by atoms with van der Waals surface area (Å²) < 4.78 is 19.2. The number of halogens is 1. The van der Waals surface area contributed by atoms with Gasteiger partial charge in [-0.05, 0) is 44.5 Å². The predicted molar refractivity (Wildman–Crippen MR) is 75.2 cm³/mol. The highest BCUT2D eigenvalue weighted by molar-refractivity contribution is 5.78. The Kier molecular flexibility index (Phi) is 4.95. The second-order valence-corrected chi connectivity index (χ2v) is 5.08. The molecule has 1 saturated heterocycles. The molecule has 0 spiro atoms. The molecule has 20 heavy (non-hydrogen) atoms. The van der Waals surface area contributed by atoms with Gasteiger partial charge in [-0.2, -0.15) is 0 Å². The van der Waals surface area contributed by atoms with E-state index in [-0.39, 0.29) is 24.3 Å². The summed E-state index contributed by atoms with van der Waals surface area (Å²) in [5, 5.41) is 3.05. The summed E-state index contributed by atoms with van der Waals surface area (Å²) in [5.74, 6) is -0.377. The highest BCUT2D eigenvalue weighted by atomic mass is 19.1. The van der Waals surface area contributed by atoms with E-state index in [1.807, 2.05) is 14.0 Å². The van der Waals surface area contributed by atoms with Crippen molar-refractivity contribution in [3.05, 3.63) is 29.6 Å². The maximum absolute atomic E-state index is 13.9. The van der Waals surface area contributed by atoms with Crippen molar-refractivity contribution in [3.8, 4) is 5.75 Å². The van der Waals surface area contributed by atoms with E-state index in [1.54, 1.807) is 17.0 Å². The molecule has 1 aromatic rings. The molecule has 1 aliphatic heterocycles. The molecule has 1 aliphatic rings. The van der Waals surface area contributed by atoms with Gasteiger partial charge in [-0.15, -0.1) is 0 Å². The normalized spacial score (nSPS) is 16.2. The van der Waals surface area contributed by atoms with Crippen LogP contribution in [0.15, 0.2) is 18.2 Å². The zero-order chi connectivity index (χ0) is 14.5. The minimum atomic E-state index is -0.432. The first-order valence-electron chi connectivity index (χ1n) is 6.99. The van der Waals surface area contributed by atoms with Crippen molar-refractivity contribution < 1.29 is 13.9 Å². The summed E-state index contributed by atoms with van der Waals surface area (Å²) in [6, 6.07) is 4.90. The Morgan fingerprint density at radius 2 is 2.15 bits per heavy atom. The molecule has 1 heterocycles. The summed E-state index contributed by atoms with van der Waals surface area (Å²) in [5.41, 5.74) is 0.850. The second kappa shape index (κ2) is 6.70. The summed E-state index contributed by atoms with van der Waals surface area (Å²) in [6.45, 7) is 3.41. The lowest BCUT2D eigenvalue weighted by Gasteiger charge is -2.16. The molecule has 4 nitrogen and oxygen atoms in total. The molecule has 1 aromatic carbocycles. The molecule has 0 saturated carbocycles. The summed E-state index contributed by atoms with van der Waals surface area (Å²) in [7, 11) is 1.82. The lowest BCUT2D eigenvalue weighted by Crippen LogP contribution is -2.32. The number of nitrogens with zero attached hydrogens (tertiary/aromatic N) is 1. The number of benzene rings is 1. The van der Waals surface area contributed by atoms with Crippen LogP contribution in [0.4, 0.5) is 4.39 Å². The van der Waals surface area contributed by atoms with E-state index >= 15 is 0 Å². The standard InChI is InChI=1S/C15H21FN2O2/c1-11(17-2)12-5-6-14(13(16)9-12)20-10-15(19)18-7-3-4-8-18/h5-6,9,11,17H,3-4,7-8,10H2,1-2H3. The molecule has 1 unspecified atom stereocenters. The number of hydrogen-bond donors (Lipinski definition) is 1. The van der Waals surface area contributed by atoms with Gasteiger partial charge in [0.1, 0.15) is 0 Å². The number of rotatable bonds is 5. The topological polar surface area (TPSA) is 41.6 Å². The number of likely N-dealkylation sites (tertiary alicyclic amines) is 1. The van der Waals surface area contributed by atoms with Crippen LogP contribution in [0, 0.1) is 5.82 Å². The number of amides is 1. The number of carbonyl (C=O) groups is 1. The number of ether oxygens (including phenoxy) is 1. The first-order valence-corrected chi connectivity index (χ1v) is 6.99. The average Bonchev–Trinajstić information content (AvgIpc) is 2.99. The molecular weight excluding hydrogens is 259 g/mol. The summed E-state index contributed by atoms with van der Waals surface area (Å²) in [6.07, 6.45) is 2.08. The van der Waals surface area contributed by atoms with E-state index in [1.165, 1.54) is 6.07 Å². The lowest BCUT2D eigenvalue weighted by atomic mass is 10.1. The Morgan fingerprint density at radius 1 is 1.45 bits per heavy atom. The van der Waals surface area contributed by atoms with Gasteiger partial charge in [0.05, 0.1) is 0 Å². The smallest absolute Gasteiger partial charge is 0.260 e. The lowest BCUT2D eigenvalue weighted by molar-refractivity contribution is -0.132. The van der Waals surface area contributed by atoms with Crippen LogP contribution in [0.5, 0.6) is 5.75 Å². The minimum absolute atomic E-state index is 0.0739. The van der Waals surface area contributed by atoms with Crippen LogP contribution in [0.25, 0.3) is 0 Å². The molecule has 2 rings (SSSR count). The second-order valence-electron chi connectivity index (χ2n) is 5.08. The molecule has 1 amide bonds. The van der Waals surface area contributed by atoms with Crippen molar-refractivity contribution in [1.29, 1.82) is 0 Å². The Morgan fingerprint density at radius 3 is 2.75 bits per heavy atom. The molecular formula is C15H21FN2O2. The maximum Gasteiger partial charge on any atom is 0.260 e. The van der Waals surface area contributed by atoms with Crippen molar-refractivity contribution in [2.45, 2.75) is 25.8 Å². The van der Waals surface area contributed by atoms with Crippen LogP contribution in [0.1, 0.15) is 31.4 Å². The molecule has 1 N–H and O–H groups in total. The van der Waals surface area contributed by atoms with Crippen molar-refractivity contribution in [2.75, 3.05) is 26.7 Å². The van der Waals surface area contributed by atoms with E-state index in [9.17, 15) is 9.18 Å². The van der Waals surface area contributed by atoms with Crippen molar-refractivity contribution in [1.82, 2.24) is 10.2 Å². The van der Waals surface area contributed by atoms with Crippen molar-refractivity contribution in [2.24, 2.45) is 0 Å². The van der Waals surface area contributed by atoms with E-state index in [4.69, 9.17) is 4.74 Å². The molecule has 1 atom stereocenters. The van der Waals surface area contributed by atoms with Crippen LogP contribution >= 0.6 is 0 Å². The zero-order valence-corrected chi connectivity index (χ0v) is 12.0. The third-order valence-corrected chi connectivity index (χ3v) is 3.70. The highest BCUT2D eigenvalue weighted by Crippen LogP contribution is 2.22. The fraction of sp³-hybridized carbons (Fsp3) is 0.533. The fourth-order valence-corrected chi connectivity index (χ4v) is 2.27. The van der Waals surface area contributed by atoms with E-state index < -0.39 is 5.82 Å². The van der Waals surface area contributed by atoms with Crippen LogP contribution in [0.2, 0.25) is 0 Å². The molecule has 0 bridgehead atoms. The number of carbonyl (C=O) groups excluding carboxylic acids is 1. The van der Waals surface area contributed by atoms with Gasteiger partial charge in [0.15, 0.2) is 18.2 Å². The summed E-state index contributed by atoms with van der Waals surface area (Å²) in [4.78, 5) is 13.6. The van der Waals surface area contributed by atoms with Gasteiger partial charge in [-0.25, -0.2) is 4.39 Å². The third kappa shape index (κ3) is 3.48. The van der Waals surface area contributed by atoms with Gasteiger partial charge in [0.2, 0.25) is 0 Å². The Labute approximate surface area is 118 Å². The molecule has 5 heteroatoms. The highest BCUT2D eigenvalue weighted by Gasteiger charge is 2.18. The Balaban J connectivity index is 1.94. The molecule has 0 radical (unpaired) electrons. The SMILES string of the molecule is CNC(C)c1ccc(OCC(=O)N2CCCC2)c(F)c1. The minimum Gasteiger partial charge on any atom is -0.481 e.